The van der Waals surface area contributed by atoms with Crippen molar-refractivity contribution >= 4 is 34.8 Å². The number of aliphatic carboxylic acids is 1. The van der Waals surface area contributed by atoms with E-state index in [0.29, 0.717) is 12.0 Å². The van der Waals surface area contributed by atoms with Gasteiger partial charge in [-0.3, -0.25) is 4.79 Å². The average molecular weight is 532 g/mol. The van der Waals surface area contributed by atoms with E-state index in [1.165, 1.54) is 0 Å². The second-order valence-corrected chi connectivity index (χ2v) is 12.1. The molecule has 0 heterocycles. The molecule has 0 fully saturated rings. The lowest BCUT2D eigenvalue weighted by atomic mass is 9.99. The Balaban J connectivity index is 1.66. The molecule has 36 heavy (non-hydrogen) atoms. The zero-order valence-corrected chi connectivity index (χ0v) is 22.0. The van der Waals surface area contributed by atoms with Crippen LogP contribution in [0.1, 0.15) is 36.5 Å². The van der Waals surface area contributed by atoms with Gasteiger partial charge in [-0.2, -0.15) is 4.72 Å². The summed E-state index contributed by atoms with van der Waals surface area (Å²) >= 11 is 0. The van der Waals surface area contributed by atoms with Gasteiger partial charge in [0.2, 0.25) is 10.0 Å². The van der Waals surface area contributed by atoms with Crippen molar-refractivity contribution in [2.24, 2.45) is 11.7 Å². The molecule has 0 radical (unpaired) electrons. The lowest BCUT2D eigenvalue weighted by molar-refractivity contribution is -0.138. The Morgan fingerprint density at radius 2 is 1.78 bits per heavy atom. The number of aryl methyl sites for hydroxylation is 1. The molecular formula is C26H32N2O6PS+. The van der Waals surface area contributed by atoms with E-state index in [9.17, 15) is 22.9 Å². The first-order valence-corrected chi connectivity index (χ1v) is 14.7. The number of hydrogen-bond acceptors (Lipinski definition) is 6. The topological polar surface area (TPSA) is 136 Å². The molecule has 0 aromatic heterocycles. The second-order valence-electron chi connectivity index (χ2n) is 8.95. The highest BCUT2D eigenvalue weighted by atomic mass is 32.2. The number of carboxylic acid groups (broad SMARTS) is 1. The predicted molar refractivity (Wildman–Crippen MR) is 141 cm³/mol. The molecule has 0 amide bonds. The van der Waals surface area contributed by atoms with Crippen molar-refractivity contribution in [3.05, 3.63) is 83.4 Å². The van der Waals surface area contributed by atoms with Gasteiger partial charge >= 0.3 is 14.0 Å². The molecule has 0 bridgehead atoms. The molecule has 3 aromatic rings. The summed E-state index contributed by atoms with van der Waals surface area (Å²) in [5.41, 5.74) is 7.79. The maximum absolute atomic E-state index is 12.9. The van der Waals surface area contributed by atoms with Crippen LogP contribution in [0.25, 0.3) is 10.8 Å². The molecule has 4 N–H and O–H groups in total. The Hall–Kier alpha value is -2.68. The lowest BCUT2D eigenvalue weighted by Crippen LogP contribution is -2.41. The van der Waals surface area contributed by atoms with Crippen molar-refractivity contribution in [1.29, 1.82) is 0 Å². The maximum Gasteiger partial charge on any atom is 0.511 e. The normalized spacial score (nSPS) is 14.1. The van der Waals surface area contributed by atoms with Crippen molar-refractivity contribution in [1.82, 2.24) is 4.72 Å². The van der Waals surface area contributed by atoms with E-state index in [-0.39, 0.29) is 24.4 Å². The van der Waals surface area contributed by atoms with Crippen LogP contribution in [0.2, 0.25) is 0 Å². The van der Waals surface area contributed by atoms with Crippen molar-refractivity contribution in [2.75, 3.05) is 11.9 Å². The van der Waals surface area contributed by atoms with Gasteiger partial charge in [-0.25, -0.2) is 8.42 Å². The summed E-state index contributed by atoms with van der Waals surface area (Å²) in [7, 11) is -6.26. The number of carboxylic acids is 1. The molecular weight excluding hydrogens is 499 g/mol. The number of nitrogens with one attached hydrogen (secondary N) is 1. The van der Waals surface area contributed by atoms with Gasteiger partial charge in [0.1, 0.15) is 5.92 Å². The molecule has 3 atom stereocenters. The summed E-state index contributed by atoms with van der Waals surface area (Å²) in [6.45, 7) is 3.72. The first kappa shape index (κ1) is 27.9. The Labute approximate surface area is 212 Å². The van der Waals surface area contributed by atoms with Crippen LogP contribution in [-0.2, 0) is 36.9 Å². The summed E-state index contributed by atoms with van der Waals surface area (Å²) < 4.78 is 46.6. The maximum atomic E-state index is 12.9. The van der Waals surface area contributed by atoms with Gasteiger partial charge in [0.15, 0.2) is 12.4 Å². The van der Waals surface area contributed by atoms with Crippen molar-refractivity contribution in [2.45, 2.75) is 39.0 Å². The van der Waals surface area contributed by atoms with E-state index in [4.69, 9.17) is 10.3 Å². The number of sulfonamides is 1. The van der Waals surface area contributed by atoms with E-state index in [2.05, 4.69) is 4.72 Å². The third-order valence-electron chi connectivity index (χ3n) is 5.87. The van der Waals surface area contributed by atoms with Crippen LogP contribution in [0, 0.1) is 5.92 Å². The SMILES string of the molecule is CC(C)C(NS(=O)(=O)CCc1cccc2ccccc12)O[P+](=O)CC(C(=O)O)c1cccc(CN)c1. The minimum Gasteiger partial charge on any atom is -0.481 e. The third-order valence-corrected chi connectivity index (χ3v) is 8.33. The summed E-state index contributed by atoms with van der Waals surface area (Å²) in [6.07, 6.45) is -1.05. The van der Waals surface area contributed by atoms with Crippen LogP contribution in [0.3, 0.4) is 0 Å². The van der Waals surface area contributed by atoms with Crippen LogP contribution < -0.4 is 10.5 Å². The molecule has 0 aliphatic rings. The zero-order chi connectivity index (χ0) is 26.3. The van der Waals surface area contributed by atoms with Gasteiger partial charge in [0.05, 0.1) is 5.75 Å². The molecule has 192 valence electrons. The van der Waals surface area contributed by atoms with Gasteiger partial charge < -0.3 is 10.8 Å². The van der Waals surface area contributed by atoms with Crippen LogP contribution >= 0.6 is 8.03 Å². The second kappa shape index (κ2) is 12.5. The van der Waals surface area contributed by atoms with E-state index < -0.39 is 36.2 Å². The monoisotopic (exact) mass is 531 g/mol. The van der Waals surface area contributed by atoms with Gasteiger partial charge in [0, 0.05) is 6.54 Å². The fourth-order valence-electron chi connectivity index (χ4n) is 3.85. The Bertz CT molecular complexity index is 1320. The highest BCUT2D eigenvalue weighted by molar-refractivity contribution is 7.89. The Morgan fingerprint density at radius 3 is 2.47 bits per heavy atom. The molecule has 0 spiro atoms. The number of carbonyl (C=O) groups is 1. The smallest absolute Gasteiger partial charge is 0.481 e. The molecule has 0 aliphatic heterocycles. The fraction of sp³-hybridized carbons (Fsp3) is 0.346. The molecule has 8 nitrogen and oxygen atoms in total. The molecule has 3 unspecified atom stereocenters. The molecule has 0 saturated carbocycles. The first-order valence-electron chi connectivity index (χ1n) is 11.7. The van der Waals surface area contributed by atoms with E-state index in [0.717, 1.165) is 21.9 Å². The molecule has 3 aromatic carbocycles. The summed E-state index contributed by atoms with van der Waals surface area (Å²) in [5, 5.41) is 11.7. The van der Waals surface area contributed by atoms with Gasteiger partial charge in [-0.15, -0.1) is 4.52 Å². The van der Waals surface area contributed by atoms with Crippen molar-refractivity contribution in [3.63, 3.8) is 0 Å². The van der Waals surface area contributed by atoms with Gasteiger partial charge in [-0.05, 0) is 44.4 Å². The molecule has 10 heteroatoms. The highest BCUT2D eigenvalue weighted by Crippen LogP contribution is 2.34. The van der Waals surface area contributed by atoms with E-state index >= 15 is 0 Å². The minimum absolute atomic E-state index is 0.173. The number of hydrogen-bond donors (Lipinski definition) is 3. The van der Waals surface area contributed by atoms with Gasteiger partial charge in [-0.1, -0.05) is 80.6 Å². The molecule has 0 aliphatic carbocycles. The lowest BCUT2D eigenvalue weighted by Gasteiger charge is -2.18. The Morgan fingerprint density at radius 1 is 1.08 bits per heavy atom. The van der Waals surface area contributed by atoms with Crippen LogP contribution in [0.5, 0.6) is 0 Å². The van der Waals surface area contributed by atoms with Crippen molar-refractivity contribution in [3.8, 4) is 0 Å². The number of benzene rings is 3. The largest absolute Gasteiger partial charge is 0.511 e. The minimum atomic E-state index is -3.78. The molecule has 0 saturated heterocycles. The van der Waals surface area contributed by atoms with Crippen LogP contribution in [0.15, 0.2) is 66.7 Å². The van der Waals surface area contributed by atoms with E-state index in [1.807, 2.05) is 42.5 Å². The number of rotatable bonds is 13. The number of fused-ring (bicyclic) bond motifs is 1. The standard InChI is InChI=1S/C26H31N2O6PS/c1-18(2)25(34-35(31)17-24(26(29)30)22-11-5-7-19(15-22)16-27)28-36(32,33)14-13-21-10-6-9-20-8-3-4-12-23(20)21/h3-12,15,18,24-25,28H,13-14,16-17,27H2,1-2H3/p+1. The summed E-state index contributed by atoms with van der Waals surface area (Å²) in [4.78, 5) is 11.9. The highest BCUT2D eigenvalue weighted by Gasteiger charge is 2.36. The van der Waals surface area contributed by atoms with Crippen molar-refractivity contribution < 1.29 is 27.4 Å². The van der Waals surface area contributed by atoms with E-state index in [1.54, 1.807) is 38.1 Å². The quantitative estimate of drug-likeness (QED) is 0.220. The zero-order valence-electron chi connectivity index (χ0n) is 20.3. The average Bonchev–Trinajstić information content (AvgIpc) is 2.85. The molecule has 3 rings (SSSR count). The Kier molecular flexibility index (Phi) is 9.70. The predicted octanol–water partition coefficient (Wildman–Crippen LogP) is 4.37. The first-order chi connectivity index (χ1) is 17.1. The fourth-order valence-corrected chi connectivity index (χ4v) is 6.50. The van der Waals surface area contributed by atoms with Gasteiger partial charge in [0.25, 0.3) is 0 Å². The summed E-state index contributed by atoms with van der Waals surface area (Å²) in [6, 6.07) is 20.3. The number of nitrogens with two attached hydrogens (primary N) is 1. The van der Waals surface area contributed by atoms with Crippen LogP contribution in [-0.4, -0.2) is 37.6 Å². The third kappa shape index (κ3) is 7.66. The summed E-state index contributed by atoms with van der Waals surface area (Å²) in [5.74, 6) is -2.72. The van der Waals surface area contributed by atoms with Crippen LogP contribution in [0.4, 0.5) is 0 Å².